The summed E-state index contributed by atoms with van der Waals surface area (Å²) in [6.07, 6.45) is 44.7. The molecule has 9 saturated carbocycles. The van der Waals surface area contributed by atoms with Crippen molar-refractivity contribution in [3.63, 3.8) is 0 Å². The van der Waals surface area contributed by atoms with Crippen LogP contribution >= 0.6 is 0 Å². The first-order valence-corrected chi connectivity index (χ1v) is 42.5. The molecule has 0 aromatic rings. The number of amides is 6. The van der Waals surface area contributed by atoms with E-state index in [0.29, 0.717) is 88.8 Å². The first-order valence-electron chi connectivity index (χ1n) is 42.5. The second-order valence-corrected chi connectivity index (χ2v) is 38.4. The van der Waals surface area contributed by atoms with Gasteiger partial charge >= 0.3 is 0 Å². The molecule has 576 valence electrons. The number of carbonyl (C=O) groups excluding carboxylic acids is 6. The molecule has 22 rings (SSSR count). The molecule has 13 heteroatoms. The quantitative estimate of drug-likeness (QED) is 0.184. The van der Waals surface area contributed by atoms with Crippen LogP contribution in [0.25, 0.3) is 0 Å². The maximum Gasteiger partial charge on any atom is 0.251 e. The Labute approximate surface area is 642 Å². The number of allylic oxidation sites excluding steroid dienone is 16. The molecular formula is C94H129N7O6. The molecule has 107 heavy (non-hydrogen) atoms. The minimum Gasteiger partial charge on any atom is -0.314 e. The molecule has 28 atom stereocenters. The zero-order chi connectivity index (χ0) is 76.3. The minimum atomic E-state index is 0.0417. The van der Waals surface area contributed by atoms with E-state index in [2.05, 4.69) is 187 Å². The summed E-state index contributed by atoms with van der Waals surface area (Å²) in [6.45, 7) is 56.6. The van der Waals surface area contributed by atoms with Gasteiger partial charge < -0.3 is 29.4 Å². The molecule has 0 aromatic carbocycles. The predicted octanol–water partition coefficient (Wildman–Crippen LogP) is 16.8. The fourth-order valence-electron chi connectivity index (χ4n) is 27.8. The van der Waals surface area contributed by atoms with Crippen molar-refractivity contribution in [2.75, 3.05) is 13.1 Å². The van der Waals surface area contributed by atoms with Gasteiger partial charge in [-0.1, -0.05) is 112 Å². The Kier molecular flexibility index (Phi) is 20.5. The molecule has 7 heterocycles. The number of rotatable bonds is 7. The monoisotopic (exact) mass is 1450 g/mol. The Balaban J connectivity index is 0.000000102. The van der Waals surface area contributed by atoms with Crippen LogP contribution < -0.4 is 0 Å². The van der Waals surface area contributed by atoms with Gasteiger partial charge in [-0.05, 0) is 280 Å². The Morgan fingerprint density at radius 2 is 0.617 bits per heavy atom. The van der Waals surface area contributed by atoms with E-state index in [1.54, 1.807) is 17.1 Å². The highest BCUT2D eigenvalue weighted by Gasteiger charge is 2.71. The van der Waals surface area contributed by atoms with Crippen LogP contribution in [0.4, 0.5) is 0 Å². The highest BCUT2D eigenvalue weighted by molar-refractivity contribution is 5.93. The number of fused-ring (bicyclic) bond motifs is 32. The predicted molar refractivity (Wildman–Crippen MR) is 426 cm³/mol. The standard InChI is InChI=1S/C19H25NO.C18H23NO.C17H23NO.C13H17NO.C12H17NO.C8H11NO.C7H13N/c1-9(2)20-10(3)15-13-8-14(18(15)19(20)21)17-12-6-4-11(5-7-12)16(13)17;1-8(2)19-9(3)14-12-7-13(17(14)18(19)20)16-11-5-4-10(6-11)15(12)16;1-9(2)18-10(3)15-13-8-14(16(15)17(18)19)12-7-5-4-6-11(12)13;1-7(2)14-8(3)11-9-4-5-10(6-9)12(11)13(14)15;1-8(2)13-9(3)10-6-4-5-7-11(10)12(13)14;1-6(2)9-7(3)4-5-8(9)10;1-7(2)8-5-3-4-6-8/h4,6,9,11-18H,3,5,7-8H2,1-2H3;4-5,8,10-17H,3,6-7H2,1-2H3;4-5,9,11-16H,3,6-8H2,1-2H3;4-5,7,9-12H,3,6H2,1-2H3;4-5,8,10-11H,3,6-7H2,1-2H3;4-6H,3H2,1-2H3;3-4,7H,5-6H2,1-2H3. The SMILES string of the molecule is C=C1C2C3C=CC(C3)C2C(=O)N1C(C)C.C=C1C2C3CC(C2C(=O)N1C(C)C)C1C2C=CC(C2)C31.C=C1C2C3CC(C2C(=O)N1C(C)C)C1C2C=CC(CC2)C31.C=C1C2C3CC(C4CC=CCC43)C2C(=O)N1C(C)C.C=C1C2CC=CCC2C(=O)N1C(C)C.C=C1C=CC(=O)N1C(C)C.CC(C)N1CC=CC1. The van der Waals surface area contributed by atoms with Crippen LogP contribution in [0.3, 0.4) is 0 Å². The Hall–Kier alpha value is -6.60. The lowest BCUT2D eigenvalue weighted by Crippen LogP contribution is -2.46. The average Bonchev–Trinajstić information content (AvgIpc) is 1.54. The van der Waals surface area contributed by atoms with Gasteiger partial charge in [-0.15, -0.1) is 0 Å². The van der Waals surface area contributed by atoms with Crippen LogP contribution in [-0.2, 0) is 28.8 Å². The summed E-state index contributed by atoms with van der Waals surface area (Å²) in [6, 6.07) is 2.25. The largest absolute Gasteiger partial charge is 0.314 e. The van der Waals surface area contributed by atoms with Crippen LogP contribution in [0.5, 0.6) is 0 Å². The topological polar surface area (TPSA) is 125 Å². The van der Waals surface area contributed by atoms with Crippen molar-refractivity contribution in [3.8, 4) is 0 Å². The molecule has 22 aliphatic rings. The van der Waals surface area contributed by atoms with Crippen LogP contribution in [0.1, 0.15) is 168 Å². The van der Waals surface area contributed by atoms with Crippen LogP contribution in [-0.4, -0.2) is 125 Å². The summed E-state index contributed by atoms with van der Waals surface area (Å²) in [5.74, 6) is 18.6. The van der Waals surface area contributed by atoms with Crippen molar-refractivity contribution in [2.24, 2.45) is 166 Å². The van der Waals surface area contributed by atoms with E-state index in [4.69, 9.17) is 0 Å². The van der Waals surface area contributed by atoms with E-state index in [9.17, 15) is 28.8 Å². The minimum absolute atomic E-state index is 0.0417. The van der Waals surface area contributed by atoms with E-state index in [-0.39, 0.29) is 77.7 Å². The van der Waals surface area contributed by atoms with Gasteiger partial charge in [0, 0.05) is 125 Å². The molecule has 15 aliphatic carbocycles. The lowest BCUT2D eigenvalue weighted by molar-refractivity contribution is -0.135. The Morgan fingerprint density at radius 3 is 1.00 bits per heavy atom. The van der Waals surface area contributed by atoms with Gasteiger partial charge in [0.15, 0.2) is 0 Å². The molecule has 0 radical (unpaired) electrons. The van der Waals surface area contributed by atoms with Gasteiger partial charge in [-0.3, -0.25) is 33.7 Å². The van der Waals surface area contributed by atoms with Crippen molar-refractivity contribution >= 4 is 35.4 Å². The smallest absolute Gasteiger partial charge is 0.251 e. The fraction of sp³-hybridized carbons (Fsp3) is 0.660. The van der Waals surface area contributed by atoms with Crippen molar-refractivity contribution in [1.29, 1.82) is 0 Å². The van der Waals surface area contributed by atoms with Crippen molar-refractivity contribution < 1.29 is 28.8 Å². The van der Waals surface area contributed by atoms with E-state index in [1.807, 2.05) is 52.2 Å². The van der Waals surface area contributed by atoms with Gasteiger partial charge in [0.05, 0.1) is 29.6 Å². The molecule has 6 amide bonds. The Bertz CT molecular complexity index is 3680. The second kappa shape index (κ2) is 28.9. The van der Waals surface area contributed by atoms with E-state index in [0.717, 1.165) is 137 Å². The normalized spacial score (nSPS) is 42.2. The molecule has 12 bridgehead atoms. The van der Waals surface area contributed by atoms with Crippen LogP contribution in [0.2, 0.25) is 0 Å². The lowest BCUT2D eigenvalue weighted by Gasteiger charge is -2.50. The van der Waals surface area contributed by atoms with Gasteiger partial charge in [0.25, 0.3) is 5.91 Å². The third-order valence-corrected chi connectivity index (χ3v) is 31.3. The highest BCUT2D eigenvalue weighted by Crippen LogP contribution is 2.73. The number of hydrogen-bond acceptors (Lipinski definition) is 7. The molecule has 0 aromatic heterocycles. The fourth-order valence-corrected chi connectivity index (χ4v) is 27.8. The molecule has 0 N–H and O–H groups in total. The maximum absolute atomic E-state index is 13.0. The van der Waals surface area contributed by atoms with E-state index < -0.39 is 0 Å². The highest BCUT2D eigenvalue weighted by atomic mass is 16.2. The second-order valence-electron chi connectivity index (χ2n) is 38.4. The third kappa shape index (κ3) is 12.1. The van der Waals surface area contributed by atoms with Gasteiger partial charge in [-0.2, -0.15) is 0 Å². The summed E-state index contributed by atoms with van der Waals surface area (Å²) in [5.41, 5.74) is 6.31. The molecule has 7 aliphatic heterocycles. The molecule has 28 unspecified atom stereocenters. The molecule has 14 fully saturated rings. The number of hydrogen-bond donors (Lipinski definition) is 0. The Morgan fingerprint density at radius 1 is 0.290 bits per heavy atom. The number of carbonyl (C=O) groups is 6. The van der Waals surface area contributed by atoms with Crippen LogP contribution in [0, 0.1) is 166 Å². The van der Waals surface area contributed by atoms with Crippen LogP contribution in [0.15, 0.2) is 159 Å². The summed E-state index contributed by atoms with van der Waals surface area (Å²) in [5, 5.41) is 0. The molecule has 0 spiro atoms. The summed E-state index contributed by atoms with van der Waals surface area (Å²) in [7, 11) is 0. The lowest BCUT2D eigenvalue weighted by atomic mass is 9.54. The first kappa shape index (κ1) is 75.8. The van der Waals surface area contributed by atoms with Crippen molar-refractivity contribution in [3.05, 3.63) is 159 Å². The maximum atomic E-state index is 13.0. The van der Waals surface area contributed by atoms with E-state index in [1.165, 1.54) is 57.8 Å². The first-order chi connectivity index (χ1) is 51.0. The average molecular weight is 1450 g/mol. The zero-order valence-electron chi connectivity index (χ0n) is 67.3. The molecule has 13 nitrogen and oxygen atoms in total. The summed E-state index contributed by atoms with van der Waals surface area (Å²) < 4.78 is 0. The van der Waals surface area contributed by atoms with Gasteiger partial charge in [-0.25, -0.2) is 0 Å². The van der Waals surface area contributed by atoms with Crippen molar-refractivity contribution in [1.82, 2.24) is 34.3 Å². The summed E-state index contributed by atoms with van der Waals surface area (Å²) >= 11 is 0. The zero-order valence-corrected chi connectivity index (χ0v) is 67.3. The van der Waals surface area contributed by atoms with Crippen molar-refractivity contribution in [2.45, 2.75) is 210 Å². The van der Waals surface area contributed by atoms with Gasteiger partial charge in [0.2, 0.25) is 29.5 Å². The number of likely N-dealkylation sites (tertiary alicyclic amines) is 5. The molecule has 5 saturated heterocycles. The van der Waals surface area contributed by atoms with Gasteiger partial charge in [0.1, 0.15) is 0 Å². The molecular weight excluding hydrogens is 1320 g/mol. The van der Waals surface area contributed by atoms with E-state index >= 15 is 0 Å². The summed E-state index contributed by atoms with van der Waals surface area (Å²) in [4.78, 5) is 87.8. The third-order valence-electron chi connectivity index (χ3n) is 31.3. The number of nitrogens with zero attached hydrogens (tertiary/aromatic N) is 7.